The molecule has 1 aromatic carbocycles. The molecule has 156 valence electrons. The number of hydrogen-bond acceptors (Lipinski definition) is 6. The Kier molecular flexibility index (Phi) is 4.27. The standard InChI is InChI=1S/C22H25N5O2S/c1-21(2)10-15-17-19-24-16(11-29-14-8-6-13(28-5)7-9-14)25-27(19)12-23-20(17)30-18(15)22(3,4)26-21/h6-9,12,26H,10-11H2,1-5H3/p+1. The number of thiophene rings is 1. The average molecular weight is 425 g/mol. The molecule has 0 radical (unpaired) electrons. The van der Waals surface area contributed by atoms with Crippen LogP contribution in [0.2, 0.25) is 0 Å². The van der Waals surface area contributed by atoms with Gasteiger partial charge in [0, 0.05) is 6.42 Å². The fourth-order valence-electron chi connectivity index (χ4n) is 4.62. The number of fused-ring (bicyclic) bond motifs is 5. The summed E-state index contributed by atoms with van der Waals surface area (Å²) >= 11 is 1.78. The second-order valence-corrected chi connectivity index (χ2v) is 10.1. The van der Waals surface area contributed by atoms with Crippen LogP contribution in [-0.4, -0.2) is 32.2 Å². The Morgan fingerprint density at radius 1 is 1.13 bits per heavy atom. The van der Waals surface area contributed by atoms with Crippen LogP contribution in [0.4, 0.5) is 0 Å². The van der Waals surface area contributed by atoms with Crippen molar-refractivity contribution < 1.29 is 14.8 Å². The van der Waals surface area contributed by atoms with Crippen molar-refractivity contribution in [1.82, 2.24) is 19.6 Å². The maximum Gasteiger partial charge on any atom is 0.189 e. The molecular formula is C22H26N5O2S+. The molecule has 0 aliphatic carbocycles. The van der Waals surface area contributed by atoms with Crippen LogP contribution in [-0.2, 0) is 18.6 Å². The zero-order valence-electron chi connectivity index (χ0n) is 17.9. The molecule has 0 amide bonds. The van der Waals surface area contributed by atoms with Gasteiger partial charge in [0.1, 0.15) is 34.8 Å². The largest absolute Gasteiger partial charge is 0.497 e. The summed E-state index contributed by atoms with van der Waals surface area (Å²) < 4.78 is 12.8. The minimum atomic E-state index is 0.0137. The van der Waals surface area contributed by atoms with Gasteiger partial charge in [-0.3, -0.25) is 0 Å². The van der Waals surface area contributed by atoms with E-state index in [9.17, 15) is 0 Å². The molecule has 3 aromatic heterocycles. The van der Waals surface area contributed by atoms with E-state index in [1.807, 2.05) is 24.3 Å². The zero-order chi connectivity index (χ0) is 21.1. The molecule has 0 saturated carbocycles. The summed E-state index contributed by atoms with van der Waals surface area (Å²) in [5.74, 6) is 2.19. The summed E-state index contributed by atoms with van der Waals surface area (Å²) in [7, 11) is 1.65. The lowest BCUT2D eigenvalue weighted by Crippen LogP contribution is -3.03. The van der Waals surface area contributed by atoms with Crippen molar-refractivity contribution in [2.24, 2.45) is 0 Å². The van der Waals surface area contributed by atoms with Gasteiger partial charge < -0.3 is 14.8 Å². The Hall–Kier alpha value is -2.71. The third kappa shape index (κ3) is 3.20. The monoisotopic (exact) mass is 424 g/mol. The van der Waals surface area contributed by atoms with E-state index in [0.717, 1.165) is 33.8 Å². The second-order valence-electron chi connectivity index (χ2n) is 9.13. The van der Waals surface area contributed by atoms with Gasteiger partial charge in [-0.1, -0.05) is 0 Å². The van der Waals surface area contributed by atoms with Crippen LogP contribution in [0, 0.1) is 0 Å². The summed E-state index contributed by atoms with van der Waals surface area (Å²) in [6.45, 7) is 9.47. The molecule has 1 aliphatic rings. The smallest absolute Gasteiger partial charge is 0.189 e. The van der Waals surface area contributed by atoms with Crippen LogP contribution >= 0.6 is 11.3 Å². The van der Waals surface area contributed by atoms with Crippen LogP contribution in [0.3, 0.4) is 0 Å². The molecule has 0 bridgehead atoms. The maximum atomic E-state index is 5.88. The van der Waals surface area contributed by atoms with Crippen molar-refractivity contribution in [3.63, 3.8) is 0 Å². The number of methoxy groups -OCH3 is 1. The molecule has 0 saturated heterocycles. The van der Waals surface area contributed by atoms with Crippen molar-refractivity contribution in [2.75, 3.05) is 7.11 Å². The highest BCUT2D eigenvalue weighted by molar-refractivity contribution is 7.19. The van der Waals surface area contributed by atoms with Crippen LogP contribution in [0.15, 0.2) is 30.6 Å². The number of nitrogens with two attached hydrogens (primary N) is 1. The highest BCUT2D eigenvalue weighted by Gasteiger charge is 2.43. The predicted octanol–water partition coefficient (Wildman–Crippen LogP) is 3.06. The van der Waals surface area contributed by atoms with Crippen LogP contribution in [0.1, 0.15) is 44.0 Å². The quantitative estimate of drug-likeness (QED) is 0.545. The van der Waals surface area contributed by atoms with Gasteiger partial charge in [0.05, 0.1) is 22.9 Å². The number of nitrogens with zero attached hydrogens (tertiary/aromatic N) is 4. The Morgan fingerprint density at radius 2 is 1.87 bits per heavy atom. The van der Waals surface area contributed by atoms with Crippen LogP contribution in [0.5, 0.6) is 11.5 Å². The van der Waals surface area contributed by atoms with Gasteiger partial charge in [-0.15, -0.1) is 16.4 Å². The first-order valence-corrected chi connectivity index (χ1v) is 10.9. The molecular weight excluding hydrogens is 398 g/mol. The number of ether oxygens (including phenoxy) is 2. The summed E-state index contributed by atoms with van der Waals surface area (Å²) in [5.41, 5.74) is 2.36. The first kappa shape index (κ1) is 19.3. The zero-order valence-corrected chi connectivity index (χ0v) is 18.7. The molecule has 0 spiro atoms. The van der Waals surface area contributed by atoms with E-state index in [2.05, 4.69) is 43.1 Å². The van der Waals surface area contributed by atoms with E-state index in [1.165, 1.54) is 10.4 Å². The Labute approximate surface area is 179 Å². The molecule has 5 rings (SSSR count). The molecule has 2 N–H and O–H groups in total. The van der Waals surface area contributed by atoms with E-state index in [4.69, 9.17) is 14.5 Å². The first-order chi connectivity index (χ1) is 14.3. The van der Waals surface area contributed by atoms with Gasteiger partial charge in [-0.25, -0.2) is 14.5 Å². The predicted molar refractivity (Wildman–Crippen MR) is 116 cm³/mol. The van der Waals surface area contributed by atoms with Gasteiger partial charge in [0.2, 0.25) is 0 Å². The normalized spacial score (nSPS) is 17.2. The highest BCUT2D eigenvalue weighted by atomic mass is 32.1. The fraction of sp³-hybridized carbons (Fsp3) is 0.409. The molecule has 0 atom stereocenters. The molecule has 0 fully saturated rings. The number of aromatic nitrogens is 4. The number of rotatable bonds is 4. The number of hydrogen-bond donors (Lipinski definition) is 1. The van der Waals surface area contributed by atoms with Crippen molar-refractivity contribution in [3.05, 3.63) is 46.9 Å². The topological polar surface area (TPSA) is 78.2 Å². The minimum Gasteiger partial charge on any atom is -0.497 e. The van der Waals surface area contributed by atoms with Gasteiger partial charge in [-0.2, -0.15) is 0 Å². The molecule has 30 heavy (non-hydrogen) atoms. The molecule has 0 unspecified atom stereocenters. The number of benzene rings is 1. The Balaban J connectivity index is 1.53. The van der Waals surface area contributed by atoms with Crippen molar-refractivity contribution >= 4 is 27.2 Å². The third-order valence-electron chi connectivity index (χ3n) is 5.57. The fourth-order valence-corrected chi connectivity index (χ4v) is 5.85. The lowest BCUT2D eigenvalue weighted by Gasteiger charge is -2.38. The lowest BCUT2D eigenvalue weighted by molar-refractivity contribution is -0.789. The van der Waals surface area contributed by atoms with Crippen LogP contribution < -0.4 is 14.8 Å². The highest BCUT2D eigenvalue weighted by Crippen LogP contribution is 2.41. The van der Waals surface area contributed by atoms with E-state index >= 15 is 0 Å². The van der Waals surface area contributed by atoms with Crippen molar-refractivity contribution in [3.8, 4) is 11.5 Å². The summed E-state index contributed by atoms with van der Waals surface area (Å²) in [4.78, 5) is 11.9. The number of quaternary nitrogens is 1. The van der Waals surface area contributed by atoms with Crippen molar-refractivity contribution in [2.45, 2.75) is 51.8 Å². The summed E-state index contributed by atoms with van der Waals surface area (Å²) in [6.07, 6.45) is 2.74. The summed E-state index contributed by atoms with van der Waals surface area (Å²) in [5, 5.41) is 8.20. The Morgan fingerprint density at radius 3 is 2.60 bits per heavy atom. The molecule has 7 nitrogen and oxygen atoms in total. The molecule has 4 heterocycles. The van der Waals surface area contributed by atoms with E-state index < -0.39 is 0 Å². The SMILES string of the molecule is COc1ccc(OCc2nc3c4c5c(sc4ncn3n2)C(C)(C)[NH2+]C(C)(C)C5)cc1. The Bertz CT molecular complexity index is 1240. The first-order valence-electron chi connectivity index (χ1n) is 10.1. The van der Waals surface area contributed by atoms with E-state index in [-0.39, 0.29) is 11.1 Å². The minimum absolute atomic E-state index is 0.0137. The van der Waals surface area contributed by atoms with Gasteiger partial charge >= 0.3 is 0 Å². The summed E-state index contributed by atoms with van der Waals surface area (Å²) in [6, 6.07) is 7.50. The molecule has 1 aliphatic heterocycles. The maximum absolute atomic E-state index is 5.88. The van der Waals surface area contributed by atoms with Gasteiger partial charge in [0.15, 0.2) is 11.5 Å². The second kappa shape index (κ2) is 6.65. The van der Waals surface area contributed by atoms with Crippen molar-refractivity contribution in [1.29, 1.82) is 0 Å². The average Bonchev–Trinajstić information content (AvgIpc) is 3.26. The van der Waals surface area contributed by atoms with Gasteiger partial charge in [0.25, 0.3) is 0 Å². The van der Waals surface area contributed by atoms with Crippen LogP contribution in [0.25, 0.3) is 15.9 Å². The molecule has 8 heteroatoms. The van der Waals surface area contributed by atoms with Gasteiger partial charge in [-0.05, 0) is 57.5 Å². The molecule has 4 aromatic rings. The van der Waals surface area contributed by atoms with E-state index in [1.54, 1.807) is 29.3 Å². The lowest BCUT2D eigenvalue weighted by atomic mass is 9.82. The third-order valence-corrected chi connectivity index (χ3v) is 7.05. The van der Waals surface area contributed by atoms with E-state index in [0.29, 0.717) is 12.4 Å².